The van der Waals surface area contributed by atoms with Gasteiger partial charge in [0, 0.05) is 13.6 Å². The predicted molar refractivity (Wildman–Crippen MR) is 66.2 cm³/mol. The Morgan fingerprint density at radius 3 is 2.75 bits per heavy atom. The summed E-state index contributed by atoms with van der Waals surface area (Å²) in [5.41, 5.74) is 6.31. The summed E-state index contributed by atoms with van der Waals surface area (Å²) in [5.74, 6) is 0.698. The third-order valence-corrected chi connectivity index (χ3v) is 2.86. The van der Waals surface area contributed by atoms with Crippen LogP contribution in [0, 0.1) is 0 Å². The maximum Gasteiger partial charge on any atom is 0.236 e. The zero-order valence-electron chi connectivity index (χ0n) is 9.37. The molecule has 2 N–H and O–H groups in total. The van der Waals surface area contributed by atoms with Gasteiger partial charge in [0.2, 0.25) is 5.91 Å². The number of amides is 1. The molecule has 0 aliphatic carbocycles. The zero-order chi connectivity index (χ0) is 12.1. The lowest BCUT2D eigenvalue weighted by Gasteiger charge is -2.16. The highest BCUT2D eigenvalue weighted by Gasteiger charge is 2.08. The van der Waals surface area contributed by atoms with E-state index in [9.17, 15) is 4.79 Å². The van der Waals surface area contributed by atoms with Gasteiger partial charge in [0.1, 0.15) is 5.75 Å². The molecule has 0 aliphatic heterocycles. The van der Waals surface area contributed by atoms with Crippen LogP contribution in [0.15, 0.2) is 22.7 Å². The Balaban J connectivity index is 2.75. The van der Waals surface area contributed by atoms with Crippen molar-refractivity contribution in [1.82, 2.24) is 4.90 Å². The highest BCUT2D eigenvalue weighted by atomic mass is 79.9. The normalized spacial score (nSPS) is 10.0. The molecule has 1 aromatic rings. The molecular formula is C11H15BrN2O2. The summed E-state index contributed by atoms with van der Waals surface area (Å²) in [5, 5.41) is 0. The van der Waals surface area contributed by atoms with Crippen LogP contribution in [0.2, 0.25) is 0 Å². The minimum atomic E-state index is -0.0769. The summed E-state index contributed by atoms with van der Waals surface area (Å²) in [7, 11) is 3.34. The summed E-state index contributed by atoms with van der Waals surface area (Å²) < 4.78 is 6.00. The van der Waals surface area contributed by atoms with Crippen LogP contribution in [0.1, 0.15) is 5.56 Å². The molecule has 0 bridgehead atoms. The molecule has 0 unspecified atom stereocenters. The third kappa shape index (κ3) is 3.21. The van der Waals surface area contributed by atoms with Gasteiger partial charge in [-0.2, -0.15) is 0 Å². The summed E-state index contributed by atoms with van der Waals surface area (Å²) in [6.45, 7) is 0.576. The van der Waals surface area contributed by atoms with E-state index >= 15 is 0 Å². The van der Waals surface area contributed by atoms with Gasteiger partial charge in [-0.05, 0) is 33.6 Å². The van der Waals surface area contributed by atoms with E-state index in [2.05, 4.69) is 15.9 Å². The Labute approximate surface area is 103 Å². The SMILES string of the molecule is COc1ccc(CN(C)C(=O)CN)cc1Br. The van der Waals surface area contributed by atoms with E-state index in [0.29, 0.717) is 6.54 Å². The van der Waals surface area contributed by atoms with Crippen molar-refractivity contribution < 1.29 is 9.53 Å². The van der Waals surface area contributed by atoms with Crippen LogP contribution < -0.4 is 10.5 Å². The molecule has 1 rings (SSSR count). The molecule has 1 aromatic carbocycles. The van der Waals surface area contributed by atoms with Crippen molar-refractivity contribution in [1.29, 1.82) is 0 Å². The topological polar surface area (TPSA) is 55.6 Å². The van der Waals surface area contributed by atoms with E-state index in [1.165, 1.54) is 0 Å². The van der Waals surface area contributed by atoms with Gasteiger partial charge in [-0.15, -0.1) is 0 Å². The standard InChI is InChI=1S/C11H15BrN2O2/c1-14(11(15)6-13)7-8-3-4-10(16-2)9(12)5-8/h3-5H,6-7,13H2,1-2H3. The average Bonchev–Trinajstić information content (AvgIpc) is 2.28. The van der Waals surface area contributed by atoms with Gasteiger partial charge < -0.3 is 15.4 Å². The minimum Gasteiger partial charge on any atom is -0.496 e. The molecule has 0 saturated heterocycles. The summed E-state index contributed by atoms with van der Waals surface area (Å²) in [6.07, 6.45) is 0. The van der Waals surface area contributed by atoms with E-state index in [-0.39, 0.29) is 12.5 Å². The van der Waals surface area contributed by atoms with Crippen LogP contribution in [0.25, 0.3) is 0 Å². The number of carbonyl (C=O) groups is 1. The molecular weight excluding hydrogens is 272 g/mol. The van der Waals surface area contributed by atoms with Crippen molar-refractivity contribution in [3.05, 3.63) is 28.2 Å². The van der Waals surface area contributed by atoms with Crippen LogP contribution in [0.3, 0.4) is 0 Å². The van der Waals surface area contributed by atoms with E-state index in [4.69, 9.17) is 10.5 Å². The van der Waals surface area contributed by atoms with Gasteiger partial charge in [0.15, 0.2) is 0 Å². The first-order valence-electron chi connectivity index (χ1n) is 4.85. The van der Waals surface area contributed by atoms with E-state index < -0.39 is 0 Å². The Kier molecular flexibility index (Phi) is 4.76. The largest absolute Gasteiger partial charge is 0.496 e. The molecule has 0 heterocycles. The molecule has 0 atom stereocenters. The first-order chi connectivity index (χ1) is 7.58. The second-order valence-electron chi connectivity index (χ2n) is 3.42. The Hall–Kier alpha value is -1.07. The molecule has 0 aromatic heterocycles. The number of nitrogens with two attached hydrogens (primary N) is 1. The monoisotopic (exact) mass is 286 g/mol. The fourth-order valence-electron chi connectivity index (χ4n) is 1.33. The number of hydrogen-bond donors (Lipinski definition) is 1. The average molecular weight is 287 g/mol. The quantitative estimate of drug-likeness (QED) is 0.910. The molecule has 16 heavy (non-hydrogen) atoms. The number of rotatable bonds is 4. The fraction of sp³-hybridized carbons (Fsp3) is 0.364. The van der Waals surface area contributed by atoms with Crippen molar-refractivity contribution in [2.75, 3.05) is 20.7 Å². The number of nitrogens with zero attached hydrogens (tertiary/aromatic N) is 1. The van der Waals surface area contributed by atoms with Gasteiger partial charge in [0.05, 0.1) is 18.1 Å². The van der Waals surface area contributed by atoms with Crippen LogP contribution >= 0.6 is 15.9 Å². The summed E-state index contributed by atoms with van der Waals surface area (Å²) in [4.78, 5) is 12.9. The number of methoxy groups -OCH3 is 1. The molecule has 0 saturated carbocycles. The number of hydrogen-bond acceptors (Lipinski definition) is 3. The van der Waals surface area contributed by atoms with Crippen molar-refractivity contribution in [3.63, 3.8) is 0 Å². The second kappa shape index (κ2) is 5.86. The van der Waals surface area contributed by atoms with Gasteiger partial charge in [-0.1, -0.05) is 6.07 Å². The van der Waals surface area contributed by atoms with Crippen molar-refractivity contribution >= 4 is 21.8 Å². The van der Waals surface area contributed by atoms with Crippen molar-refractivity contribution in [2.45, 2.75) is 6.54 Å². The summed E-state index contributed by atoms with van der Waals surface area (Å²) in [6, 6.07) is 5.71. The maximum absolute atomic E-state index is 11.3. The molecule has 0 fully saturated rings. The number of benzene rings is 1. The molecule has 88 valence electrons. The second-order valence-corrected chi connectivity index (χ2v) is 4.28. The molecule has 0 spiro atoms. The highest BCUT2D eigenvalue weighted by Crippen LogP contribution is 2.25. The van der Waals surface area contributed by atoms with Crippen LogP contribution in [-0.4, -0.2) is 31.5 Å². The lowest BCUT2D eigenvalue weighted by Crippen LogP contribution is -2.32. The maximum atomic E-state index is 11.3. The van der Waals surface area contributed by atoms with E-state index in [1.807, 2.05) is 18.2 Å². The predicted octanol–water partition coefficient (Wildman–Crippen LogP) is 1.37. The highest BCUT2D eigenvalue weighted by molar-refractivity contribution is 9.10. The Morgan fingerprint density at radius 2 is 2.25 bits per heavy atom. The number of ether oxygens (including phenoxy) is 1. The lowest BCUT2D eigenvalue weighted by molar-refractivity contribution is -0.128. The Morgan fingerprint density at radius 1 is 1.56 bits per heavy atom. The number of carbonyl (C=O) groups excluding carboxylic acids is 1. The van der Waals surface area contributed by atoms with Crippen molar-refractivity contribution in [3.8, 4) is 5.75 Å². The van der Waals surface area contributed by atoms with Gasteiger partial charge in [0.25, 0.3) is 0 Å². The summed E-state index contributed by atoms with van der Waals surface area (Å²) >= 11 is 3.40. The van der Waals surface area contributed by atoms with Crippen molar-refractivity contribution in [2.24, 2.45) is 5.73 Å². The zero-order valence-corrected chi connectivity index (χ0v) is 11.0. The minimum absolute atomic E-state index is 0.0355. The molecule has 4 nitrogen and oxygen atoms in total. The molecule has 5 heteroatoms. The van der Waals surface area contributed by atoms with E-state index in [1.54, 1.807) is 19.1 Å². The van der Waals surface area contributed by atoms with Crippen LogP contribution in [0.4, 0.5) is 0 Å². The van der Waals surface area contributed by atoms with Crippen LogP contribution in [-0.2, 0) is 11.3 Å². The van der Waals surface area contributed by atoms with Gasteiger partial charge in [-0.3, -0.25) is 4.79 Å². The van der Waals surface area contributed by atoms with Crippen LogP contribution in [0.5, 0.6) is 5.75 Å². The Bertz CT molecular complexity index is 382. The number of halogens is 1. The lowest BCUT2D eigenvalue weighted by atomic mass is 10.2. The first kappa shape index (κ1) is 13.0. The van der Waals surface area contributed by atoms with E-state index in [0.717, 1.165) is 15.8 Å². The molecule has 0 aliphatic rings. The molecule has 0 radical (unpaired) electrons. The fourth-order valence-corrected chi connectivity index (χ4v) is 1.91. The first-order valence-corrected chi connectivity index (χ1v) is 5.64. The van der Waals surface area contributed by atoms with Gasteiger partial charge >= 0.3 is 0 Å². The third-order valence-electron chi connectivity index (χ3n) is 2.24. The number of likely N-dealkylation sites (N-methyl/N-ethyl adjacent to an activating group) is 1. The van der Waals surface area contributed by atoms with Gasteiger partial charge in [-0.25, -0.2) is 0 Å². The smallest absolute Gasteiger partial charge is 0.236 e. The molecule has 1 amide bonds.